The van der Waals surface area contributed by atoms with E-state index in [2.05, 4.69) is 69.0 Å². The van der Waals surface area contributed by atoms with Crippen LogP contribution in [-0.4, -0.2) is 54.8 Å². The summed E-state index contributed by atoms with van der Waals surface area (Å²) in [4.78, 5) is 16.4. The molecule has 0 amide bonds. The summed E-state index contributed by atoms with van der Waals surface area (Å²) in [5, 5.41) is 13.1. The number of hydrogen-bond acceptors (Lipinski definition) is 6. The Hall–Kier alpha value is -3.81. The fourth-order valence-corrected chi connectivity index (χ4v) is 6.08. The van der Waals surface area contributed by atoms with Gasteiger partial charge in [-0.1, -0.05) is 48.5 Å². The van der Waals surface area contributed by atoms with Crippen LogP contribution < -0.4 is 5.73 Å². The molecule has 1 aliphatic heterocycles. The Morgan fingerprint density at radius 3 is 2.54 bits per heavy atom. The van der Waals surface area contributed by atoms with E-state index in [4.69, 9.17) is 10.7 Å². The number of benzene rings is 2. The summed E-state index contributed by atoms with van der Waals surface area (Å²) in [5.74, 6) is 0.472. The third kappa shape index (κ3) is 3.69. The van der Waals surface area contributed by atoms with Gasteiger partial charge in [0.15, 0.2) is 0 Å². The lowest BCUT2D eigenvalue weighted by molar-refractivity contribution is -0.0956. The predicted molar refractivity (Wildman–Crippen MR) is 147 cm³/mol. The van der Waals surface area contributed by atoms with E-state index in [1.807, 2.05) is 18.2 Å². The standard InChI is InChI=1S/C30H30N6O/c1-19-23(10-8-21-9-11-25(34-27(19)21)20-6-3-2-4-7-20)24-16-36(29-26(24)28(31)32-18-33-29)22-14-30(37,15-22)17-35-12-5-13-35/h2-4,6-11,16,18,22,37H,5,12-15,17H2,1H3,(H2,31,32,33). The number of fused-ring (bicyclic) bond motifs is 2. The lowest BCUT2D eigenvalue weighted by atomic mass is 9.74. The van der Waals surface area contributed by atoms with Crippen molar-refractivity contribution in [3.8, 4) is 22.4 Å². The third-order valence-electron chi connectivity index (χ3n) is 8.20. The first-order valence-electron chi connectivity index (χ1n) is 13.0. The molecule has 2 fully saturated rings. The molecule has 0 radical (unpaired) electrons. The van der Waals surface area contributed by atoms with E-state index >= 15 is 0 Å². The maximum atomic E-state index is 11.1. The van der Waals surface area contributed by atoms with Gasteiger partial charge in [-0.05, 0) is 56.5 Å². The van der Waals surface area contributed by atoms with E-state index in [0.29, 0.717) is 5.82 Å². The highest BCUT2D eigenvalue weighted by Crippen LogP contribution is 2.46. The van der Waals surface area contributed by atoms with E-state index in [-0.39, 0.29) is 6.04 Å². The molecule has 0 unspecified atom stereocenters. The summed E-state index contributed by atoms with van der Waals surface area (Å²) in [5.41, 5.74) is 12.8. The van der Waals surface area contributed by atoms with Crippen molar-refractivity contribution in [3.63, 3.8) is 0 Å². The summed E-state index contributed by atoms with van der Waals surface area (Å²) in [6.07, 6.45) is 6.35. The van der Waals surface area contributed by atoms with Crippen LogP contribution in [0.2, 0.25) is 0 Å². The molecule has 37 heavy (non-hydrogen) atoms. The fourth-order valence-electron chi connectivity index (χ4n) is 6.08. The van der Waals surface area contributed by atoms with Crippen molar-refractivity contribution < 1.29 is 5.11 Å². The van der Waals surface area contributed by atoms with E-state index < -0.39 is 5.60 Å². The first-order valence-corrected chi connectivity index (χ1v) is 13.0. The molecule has 7 rings (SSSR count). The van der Waals surface area contributed by atoms with Crippen molar-refractivity contribution in [2.75, 3.05) is 25.4 Å². The second-order valence-corrected chi connectivity index (χ2v) is 10.7. The highest BCUT2D eigenvalue weighted by molar-refractivity contribution is 6.03. The van der Waals surface area contributed by atoms with Crippen molar-refractivity contribution in [1.82, 2.24) is 24.4 Å². The largest absolute Gasteiger partial charge is 0.388 e. The minimum atomic E-state index is -0.628. The molecular formula is C30H30N6O. The molecule has 1 saturated carbocycles. The second kappa shape index (κ2) is 8.36. The van der Waals surface area contributed by atoms with Gasteiger partial charge in [0.1, 0.15) is 17.8 Å². The lowest BCUT2D eigenvalue weighted by Crippen LogP contribution is -2.55. The number of rotatable bonds is 5. The second-order valence-electron chi connectivity index (χ2n) is 10.7. The van der Waals surface area contributed by atoms with Gasteiger partial charge in [-0.15, -0.1) is 0 Å². The highest BCUT2D eigenvalue weighted by atomic mass is 16.3. The monoisotopic (exact) mass is 490 g/mol. The number of aromatic nitrogens is 4. The minimum Gasteiger partial charge on any atom is -0.388 e. The number of nitrogens with zero attached hydrogens (tertiary/aromatic N) is 5. The van der Waals surface area contributed by atoms with Crippen molar-refractivity contribution in [2.24, 2.45) is 0 Å². The van der Waals surface area contributed by atoms with Crippen molar-refractivity contribution in [3.05, 3.63) is 72.7 Å². The van der Waals surface area contributed by atoms with Crippen LogP contribution in [0, 0.1) is 6.92 Å². The van der Waals surface area contributed by atoms with Gasteiger partial charge >= 0.3 is 0 Å². The van der Waals surface area contributed by atoms with E-state index in [1.54, 1.807) is 0 Å². The van der Waals surface area contributed by atoms with Gasteiger partial charge in [-0.25, -0.2) is 15.0 Å². The number of hydrogen-bond donors (Lipinski definition) is 2. The number of likely N-dealkylation sites (tertiary alicyclic amines) is 1. The van der Waals surface area contributed by atoms with Crippen LogP contribution in [-0.2, 0) is 0 Å². The van der Waals surface area contributed by atoms with Crippen LogP contribution in [0.4, 0.5) is 5.82 Å². The van der Waals surface area contributed by atoms with Crippen LogP contribution in [0.3, 0.4) is 0 Å². The van der Waals surface area contributed by atoms with Crippen molar-refractivity contribution in [1.29, 1.82) is 0 Å². The Bertz CT molecular complexity index is 1630. The first-order chi connectivity index (χ1) is 18.0. The van der Waals surface area contributed by atoms with Crippen LogP contribution in [0.25, 0.3) is 44.3 Å². The summed E-state index contributed by atoms with van der Waals surface area (Å²) in [6.45, 7) is 5.06. The van der Waals surface area contributed by atoms with Crippen LogP contribution in [0.1, 0.15) is 30.9 Å². The predicted octanol–water partition coefficient (Wildman–Crippen LogP) is 4.98. The van der Waals surface area contributed by atoms with Gasteiger partial charge in [-0.2, -0.15) is 0 Å². The number of β-amino-alcohol motifs (C(OH)–C–C–N with tert-alkyl or cyclic N) is 1. The molecule has 2 aliphatic rings. The zero-order chi connectivity index (χ0) is 25.1. The SMILES string of the molecule is Cc1c(-c2cn(C3CC(O)(CN4CCC4)C3)c3ncnc(N)c23)ccc2ccc(-c3ccccc3)nc12. The average Bonchev–Trinajstić information content (AvgIpc) is 3.26. The molecule has 7 nitrogen and oxygen atoms in total. The molecule has 3 N–H and O–H groups in total. The Morgan fingerprint density at radius 1 is 1.00 bits per heavy atom. The maximum Gasteiger partial charge on any atom is 0.146 e. The number of aryl methyl sites for hydroxylation is 1. The van der Waals surface area contributed by atoms with Gasteiger partial charge in [0.2, 0.25) is 0 Å². The summed E-state index contributed by atoms with van der Waals surface area (Å²) in [6, 6.07) is 18.9. The Morgan fingerprint density at radius 2 is 1.78 bits per heavy atom. The molecule has 0 spiro atoms. The molecule has 2 aromatic carbocycles. The molecular weight excluding hydrogens is 460 g/mol. The minimum absolute atomic E-state index is 0.181. The topological polar surface area (TPSA) is 93.1 Å². The average molecular weight is 491 g/mol. The molecule has 1 aliphatic carbocycles. The molecule has 0 bridgehead atoms. The Kier molecular flexibility index (Phi) is 5.06. The van der Waals surface area contributed by atoms with E-state index in [0.717, 1.165) is 82.4 Å². The Labute approximate surface area is 215 Å². The van der Waals surface area contributed by atoms with E-state index in [1.165, 1.54) is 12.7 Å². The van der Waals surface area contributed by atoms with Gasteiger partial charge < -0.3 is 20.3 Å². The zero-order valence-electron chi connectivity index (χ0n) is 20.9. The molecule has 1 saturated heterocycles. The quantitative estimate of drug-likeness (QED) is 0.361. The Balaban J connectivity index is 1.31. The number of nitrogen functional groups attached to an aromatic ring is 1. The van der Waals surface area contributed by atoms with Crippen molar-refractivity contribution >= 4 is 27.8 Å². The molecule has 3 aromatic heterocycles. The van der Waals surface area contributed by atoms with Gasteiger partial charge in [0, 0.05) is 35.3 Å². The molecule has 186 valence electrons. The summed E-state index contributed by atoms with van der Waals surface area (Å²) >= 11 is 0. The van der Waals surface area contributed by atoms with E-state index in [9.17, 15) is 5.11 Å². The lowest BCUT2D eigenvalue weighted by Gasteiger charge is -2.48. The summed E-state index contributed by atoms with van der Waals surface area (Å²) < 4.78 is 2.20. The number of pyridine rings is 1. The van der Waals surface area contributed by atoms with Gasteiger partial charge in [0.05, 0.1) is 22.2 Å². The number of aliphatic hydroxyl groups is 1. The smallest absolute Gasteiger partial charge is 0.146 e. The van der Waals surface area contributed by atoms with Crippen LogP contribution in [0.5, 0.6) is 0 Å². The van der Waals surface area contributed by atoms with Gasteiger partial charge in [0.25, 0.3) is 0 Å². The van der Waals surface area contributed by atoms with Gasteiger partial charge in [-0.3, -0.25) is 0 Å². The maximum absolute atomic E-state index is 11.1. The summed E-state index contributed by atoms with van der Waals surface area (Å²) in [7, 11) is 0. The van der Waals surface area contributed by atoms with Crippen LogP contribution in [0.15, 0.2) is 67.1 Å². The third-order valence-corrected chi connectivity index (χ3v) is 8.20. The fraction of sp³-hybridized carbons (Fsp3) is 0.300. The molecule has 5 aromatic rings. The highest BCUT2D eigenvalue weighted by Gasteiger charge is 2.45. The zero-order valence-corrected chi connectivity index (χ0v) is 20.9. The molecule has 4 heterocycles. The first kappa shape index (κ1) is 22.4. The van der Waals surface area contributed by atoms with Crippen LogP contribution >= 0.6 is 0 Å². The number of nitrogens with two attached hydrogens (primary N) is 1. The molecule has 0 atom stereocenters. The molecule has 7 heteroatoms. The van der Waals surface area contributed by atoms with Crippen molar-refractivity contribution in [2.45, 2.75) is 37.8 Å². The normalized spacial score (nSPS) is 21.7. The number of anilines is 1.